The summed E-state index contributed by atoms with van der Waals surface area (Å²) in [6, 6.07) is 8.11. The standard InChI is InChI=1S/C15H15N3OS/c1-10(15-17-7-8-20-15)18-14-13-9-12(19-2)4-3-11(13)5-6-16-14/h3-10H,1-2H3,(H,16,18). The fraction of sp³-hybridized carbons (Fsp3) is 0.200. The van der Waals surface area contributed by atoms with Gasteiger partial charge in [-0.2, -0.15) is 0 Å². The highest BCUT2D eigenvalue weighted by Crippen LogP contribution is 2.28. The van der Waals surface area contributed by atoms with Crippen molar-refractivity contribution < 1.29 is 4.74 Å². The number of nitrogens with one attached hydrogen (secondary N) is 1. The van der Waals surface area contributed by atoms with Gasteiger partial charge < -0.3 is 10.1 Å². The van der Waals surface area contributed by atoms with E-state index in [4.69, 9.17) is 4.74 Å². The van der Waals surface area contributed by atoms with Gasteiger partial charge in [-0.15, -0.1) is 11.3 Å². The van der Waals surface area contributed by atoms with Gasteiger partial charge in [0.2, 0.25) is 0 Å². The highest BCUT2D eigenvalue weighted by Gasteiger charge is 2.11. The van der Waals surface area contributed by atoms with Gasteiger partial charge in [-0.3, -0.25) is 0 Å². The van der Waals surface area contributed by atoms with Crippen LogP contribution in [-0.2, 0) is 0 Å². The van der Waals surface area contributed by atoms with Gasteiger partial charge in [0.05, 0.1) is 13.2 Å². The SMILES string of the molecule is COc1ccc2ccnc(NC(C)c3nccs3)c2c1. The molecule has 0 amide bonds. The topological polar surface area (TPSA) is 47.0 Å². The smallest absolute Gasteiger partial charge is 0.134 e. The van der Waals surface area contributed by atoms with Crippen molar-refractivity contribution in [2.45, 2.75) is 13.0 Å². The molecule has 0 aliphatic heterocycles. The van der Waals surface area contributed by atoms with Crippen molar-refractivity contribution in [1.29, 1.82) is 0 Å². The molecule has 0 bridgehead atoms. The molecule has 2 heterocycles. The molecule has 1 aromatic carbocycles. The predicted molar refractivity (Wildman–Crippen MR) is 82.4 cm³/mol. The van der Waals surface area contributed by atoms with Gasteiger partial charge in [-0.25, -0.2) is 9.97 Å². The van der Waals surface area contributed by atoms with E-state index in [1.807, 2.05) is 42.0 Å². The Bertz CT molecular complexity index is 712. The summed E-state index contributed by atoms with van der Waals surface area (Å²) in [6.45, 7) is 2.08. The second kappa shape index (κ2) is 5.46. The van der Waals surface area contributed by atoms with Gasteiger partial charge in [0.15, 0.2) is 0 Å². The number of aromatic nitrogens is 2. The van der Waals surface area contributed by atoms with Gasteiger partial charge in [-0.05, 0) is 30.5 Å². The van der Waals surface area contributed by atoms with E-state index in [2.05, 4.69) is 22.2 Å². The van der Waals surface area contributed by atoms with E-state index in [0.717, 1.165) is 27.3 Å². The monoisotopic (exact) mass is 285 g/mol. The largest absolute Gasteiger partial charge is 0.497 e. The summed E-state index contributed by atoms with van der Waals surface area (Å²) in [4.78, 5) is 8.77. The zero-order chi connectivity index (χ0) is 13.9. The zero-order valence-electron chi connectivity index (χ0n) is 11.3. The van der Waals surface area contributed by atoms with Crippen LogP contribution in [0.3, 0.4) is 0 Å². The number of ether oxygens (including phenoxy) is 1. The lowest BCUT2D eigenvalue weighted by atomic mass is 10.1. The van der Waals surface area contributed by atoms with E-state index in [-0.39, 0.29) is 6.04 Å². The normalized spacial score (nSPS) is 12.3. The number of pyridine rings is 1. The minimum absolute atomic E-state index is 0.124. The molecule has 1 unspecified atom stereocenters. The Kier molecular flexibility index (Phi) is 3.52. The fourth-order valence-corrected chi connectivity index (χ4v) is 2.75. The first kappa shape index (κ1) is 12.9. The summed E-state index contributed by atoms with van der Waals surface area (Å²) >= 11 is 1.64. The molecule has 3 rings (SSSR count). The van der Waals surface area contributed by atoms with Crippen LogP contribution in [0.4, 0.5) is 5.82 Å². The maximum atomic E-state index is 5.29. The third kappa shape index (κ3) is 2.44. The Morgan fingerprint density at radius 2 is 2.10 bits per heavy atom. The number of anilines is 1. The molecule has 1 N–H and O–H groups in total. The number of rotatable bonds is 4. The summed E-state index contributed by atoms with van der Waals surface area (Å²) in [5.74, 6) is 1.68. The molecule has 0 aliphatic carbocycles. The Balaban J connectivity index is 1.98. The van der Waals surface area contributed by atoms with Crippen molar-refractivity contribution >= 4 is 27.9 Å². The Morgan fingerprint density at radius 1 is 1.20 bits per heavy atom. The van der Waals surface area contributed by atoms with Gasteiger partial charge in [-0.1, -0.05) is 6.07 Å². The fourth-order valence-electron chi connectivity index (χ4n) is 2.10. The average Bonchev–Trinajstić information content (AvgIpc) is 3.01. The van der Waals surface area contributed by atoms with Crippen molar-refractivity contribution in [3.8, 4) is 5.75 Å². The molecule has 0 radical (unpaired) electrons. The first-order valence-electron chi connectivity index (χ1n) is 6.36. The first-order chi connectivity index (χ1) is 9.78. The molecule has 5 heteroatoms. The predicted octanol–water partition coefficient (Wildman–Crippen LogP) is 3.87. The van der Waals surface area contributed by atoms with Crippen molar-refractivity contribution in [3.63, 3.8) is 0 Å². The van der Waals surface area contributed by atoms with E-state index < -0.39 is 0 Å². The van der Waals surface area contributed by atoms with Gasteiger partial charge in [0.25, 0.3) is 0 Å². The molecule has 2 aromatic heterocycles. The van der Waals surface area contributed by atoms with Crippen LogP contribution in [0, 0.1) is 0 Å². The second-order valence-electron chi connectivity index (χ2n) is 4.48. The van der Waals surface area contributed by atoms with E-state index in [1.165, 1.54) is 0 Å². The minimum atomic E-state index is 0.124. The maximum Gasteiger partial charge on any atom is 0.134 e. The number of hydrogen-bond donors (Lipinski definition) is 1. The lowest BCUT2D eigenvalue weighted by Gasteiger charge is -2.14. The average molecular weight is 285 g/mol. The Morgan fingerprint density at radius 3 is 2.85 bits per heavy atom. The number of fused-ring (bicyclic) bond motifs is 1. The molecule has 0 spiro atoms. The summed E-state index contributed by atoms with van der Waals surface area (Å²) < 4.78 is 5.29. The number of nitrogens with zero attached hydrogens (tertiary/aromatic N) is 2. The van der Waals surface area contributed by atoms with Crippen molar-refractivity contribution in [2.75, 3.05) is 12.4 Å². The third-order valence-corrected chi connectivity index (χ3v) is 4.11. The van der Waals surface area contributed by atoms with E-state index in [0.29, 0.717) is 0 Å². The van der Waals surface area contributed by atoms with E-state index in [9.17, 15) is 0 Å². The van der Waals surface area contributed by atoms with E-state index in [1.54, 1.807) is 18.4 Å². The summed E-state index contributed by atoms with van der Waals surface area (Å²) in [5, 5.41) is 8.63. The summed E-state index contributed by atoms with van der Waals surface area (Å²) in [7, 11) is 1.67. The Labute approximate surface area is 121 Å². The van der Waals surface area contributed by atoms with Crippen LogP contribution in [0.15, 0.2) is 42.0 Å². The van der Waals surface area contributed by atoms with Crippen LogP contribution < -0.4 is 10.1 Å². The van der Waals surface area contributed by atoms with Crippen molar-refractivity contribution in [2.24, 2.45) is 0 Å². The highest BCUT2D eigenvalue weighted by atomic mass is 32.1. The lowest BCUT2D eigenvalue weighted by molar-refractivity contribution is 0.415. The first-order valence-corrected chi connectivity index (χ1v) is 7.24. The summed E-state index contributed by atoms with van der Waals surface area (Å²) in [5.41, 5.74) is 0. The van der Waals surface area contributed by atoms with Crippen LogP contribution in [0.2, 0.25) is 0 Å². The maximum absolute atomic E-state index is 5.29. The lowest BCUT2D eigenvalue weighted by Crippen LogP contribution is -2.07. The van der Waals surface area contributed by atoms with E-state index >= 15 is 0 Å². The van der Waals surface area contributed by atoms with Crippen LogP contribution >= 0.6 is 11.3 Å². The van der Waals surface area contributed by atoms with Crippen LogP contribution in [0.5, 0.6) is 5.75 Å². The molecule has 20 heavy (non-hydrogen) atoms. The highest BCUT2D eigenvalue weighted by molar-refractivity contribution is 7.09. The van der Waals surface area contributed by atoms with Gasteiger partial charge in [0.1, 0.15) is 16.6 Å². The Hall–Kier alpha value is -2.14. The molecule has 0 aliphatic rings. The molecular formula is C15H15N3OS. The van der Waals surface area contributed by atoms with Crippen LogP contribution in [0.25, 0.3) is 10.8 Å². The second-order valence-corrected chi connectivity index (χ2v) is 5.41. The molecule has 1 atom stereocenters. The van der Waals surface area contributed by atoms with Crippen molar-refractivity contribution in [1.82, 2.24) is 9.97 Å². The number of thiazole rings is 1. The van der Waals surface area contributed by atoms with Gasteiger partial charge in [0, 0.05) is 23.2 Å². The molecule has 102 valence electrons. The molecule has 0 fully saturated rings. The molecule has 3 aromatic rings. The molecule has 0 saturated heterocycles. The zero-order valence-corrected chi connectivity index (χ0v) is 12.1. The number of methoxy groups -OCH3 is 1. The number of hydrogen-bond acceptors (Lipinski definition) is 5. The minimum Gasteiger partial charge on any atom is -0.497 e. The molecular weight excluding hydrogens is 270 g/mol. The van der Waals surface area contributed by atoms with Gasteiger partial charge >= 0.3 is 0 Å². The van der Waals surface area contributed by atoms with Crippen LogP contribution in [-0.4, -0.2) is 17.1 Å². The quantitative estimate of drug-likeness (QED) is 0.790. The van der Waals surface area contributed by atoms with Crippen molar-refractivity contribution in [3.05, 3.63) is 47.0 Å². The third-order valence-electron chi connectivity index (χ3n) is 3.15. The number of benzene rings is 1. The van der Waals surface area contributed by atoms with Crippen LogP contribution in [0.1, 0.15) is 18.0 Å². The molecule has 4 nitrogen and oxygen atoms in total. The molecule has 0 saturated carbocycles. The summed E-state index contributed by atoms with van der Waals surface area (Å²) in [6.07, 6.45) is 3.63.